The summed E-state index contributed by atoms with van der Waals surface area (Å²) in [6, 6.07) is 7.31. The average Bonchev–Trinajstić information content (AvgIpc) is 2.99. The lowest BCUT2D eigenvalue weighted by Gasteiger charge is -2.49. The molecule has 0 spiro atoms. The van der Waals surface area contributed by atoms with E-state index in [0.717, 1.165) is 32.0 Å². The summed E-state index contributed by atoms with van der Waals surface area (Å²) in [6.07, 6.45) is 2.24. The van der Waals surface area contributed by atoms with Crippen molar-refractivity contribution < 1.29 is 13.6 Å². The van der Waals surface area contributed by atoms with Crippen LogP contribution in [0.1, 0.15) is 30.3 Å². The summed E-state index contributed by atoms with van der Waals surface area (Å²) in [6.45, 7) is 4.39. The summed E-state index contributed by atoms with van der Waals surface area (Å²) in [5.74, 6) is -0.876. The summed E-state index contributed by atoms with van der Waals surface area (Å²) in [5.41, 5.74) is 1.52. The van der Waals surface area contributed by atoms with Gasteiger partial charge in [-0.05, 0) is 63.0 Å². The highest BCUT2D eigenvalue weighted by molar-refractivity contribution is 5.94. The maximum Gasteiger partial charge on any atom is 0.268 e. The number of nitrogens with zero attached hydrogens (tertiary/aromatic N) is 2. The first-order chi connectivity index (χ1) is 12.4. The minimum Gasteiger partial charge on any atom is -0.346 e. The fraction of sp³-hybridized carbons (Fsp3) is 0.450. The van der Waals surface area contributed by atoms with Crippen LogP contribution in [0.2, 0.25) is 0 Å². The van der Waals surface area contributed by atoms with Crippen LogP contribution < -0.4 is 5.32 Å². The van der Waals surface area contributed by atoms with Gasteiger partial charge in [-0.15, -0.1) is 0 Å². The van der Waals surface area contributed by atoms with E-state index >= 15 is 0 Å². The van der Waals surface area contributed by atoms with Crippen LogP contribution in [0.5, 0.6) is 0 Å². The Morgan fingerprint density at radius 2 is 1.77 bits per heavy atom. The van der Waals surface area contributed by atoms with Crippen LogP contribution in [-0.4, -0.2) is 40.5 Å². The number of halogens is 2. The minimum absolute atomic E-state index is 0.138. The Morgan fingerprint density at radius 3 is 2.38 bits per heavy atom. The molecule has 0 saturated carbocycles. The highest BCUT2D eigenvalue weighted by Gasteiger charge is 2.40. The van der Waals surface area contributed by atoms with Gasteiger partial charge in [0.15, 0.2) is 0 Å². The zero-order valence-corrected chi connectivity index (χ0v) is 15.0. The Balaban J connectivity index is 1.57. The van der Waals surface area contributed by atoms with Gasteiger partial charge in [0, 0.05) is 36.5 Å². The predicted octanol–water partition coefficient (Wildman–Crippen LogP) is 3.18. The van der Waals surface area contributed by atoms with Crippen molar-refractivity contribution >= 4 is 5.91 Å². The molecule has 0 radical (unpaired) electrons. The summed E-state index contributed by atoms with van der Waals surface area (Å²) >= 11 is 0. The van der Waals surface area contributed by atoms with E-state index in [-0.39, 0.29) is 11.9 Å². The summed E-state index contributed by atoms with van der Waals surface area (Å²) in [7, 11) is 1.74. The lowest BCUT2D eigenvalue weighted by molar-refractivity contribution is 0.0215. The number of hydrogen-bond acceptors (Lipinski definition) is 2. The predicted molar refractivity (Wildman–Crippen MR) is 95.8 cm³/mol. The molecule has 2 atom stereocenters. The van der Waals surface area contributed by atoms with Gasteiger partial charge in [0.2, 0.25) is 0 Å². The molecule has 2 aromatic rings. The van der Waals surface area contributed by atoms with Crippen molar-refractivity contribution in [1.82, 2.24) is 14.8 Å². The highest BCUT2D eigenvalue weighted by Crippen LogP contribution is 2.32. The number of fused-ring (bicyclic) bond motifs is 3. The van der Waals surface area contributed by atoms with E-state index in [0.29, 0.717) is 28.9 Å². The molecule has 4 nitrogen and oxygen atoms in total. The largest absolute Gasteiger partial charge is 0.346 e. The molecule has 3 fully saturated rings. The van der Waals surface area contributed by atoms with E-state index in [1.165, 1.54) is 12.1 Å². The number of nitrogens with one attached hydrogen (secondary N) is 1. The number of piperidine rings is 3. The summed E-state index contributed by atoms with van der Waals surface area (Å²) in [5, 5.41) is 3.20. The van der Waals surface area contributed by atoms with Crippen molar-refractivity contribution in [3.8, 4) is 11.3 Å². The van der Waals surface area contributed by atoms with Gasteiger partial charge < -0.3 is 9.88 Å². The molecule has 26 heavy (non-hydrogen) atoms. The Labute approximate surface area is 151 Å². The molecule has 1 aromatic heterocycles. The summed E-state index contributed by atoms with van der Waals surface area (Å²) in [4.78, 5) is 15.3. The number of carbonyl (C=O) groups is 1. The number of aromatic nitrogens is 1. The molecule has 0 aliphatic carbocycles. The molecule has 1 aromatic carbocycles. The van der Waals surface area contributed by atoms with Gasteiger partial charge in [0.25, 0.3) is 5.91 Å². The van der Waals surface area contributed by atoms with E-state index < -0.39 is 11.6 Å². The first kappa shape index (κ1) is 17.2. The maximum atomic E-state index is 13.5. The van der Waals surface area contributed by atoms with E-state index in [1.54, 1.807) is 23.7 Å². The van der Waals surface area contributed by atoms with Crippen LogP contribution in [0, 0.1) is 17.6 Å². The van der Waals surface area contributed by atoms with Gasteiger partial charge in [0.05, 0.1) is 0 Å². The number of carbonyl (C=O) groups excluding carboxylic acids is 1. The third-order valence-electron chi connectivity index (χ3n) is 5.99. The number of amides is 1. The smallest absolute Gasteiger partial charge is 0.268 e. The minimum atomic E-state index is -0.631. The Kier molecular flexibility index (Phi) is 4.31. The Bertz CT molecular complexity index is 817. The van der Waals surface area contributed by atoms with Crippen molar-refractivity contribution in [3.63, 3.8) is 0 Å². The first-order valence-corrected chi connectivity index (χ1v) is 9.11. The Hall–Kier alpha value is -2.21. The Morgan fingerprint density at radius 1 is 1.12 bits per heavy atom. The van der Waals surface area contributed by atoms with E-state index in [9.17, 15) is 13.6 Å². The molecule has 5 rings (SSSR count). The standard InChI is InChI=1S/C20H23F2N3O/c1-12-19(13-5-7-25(12)8-6-13)23-20(26)18-4-3-17(24(18)2)14-9-15(21)11-16(22)10-14/h3-4,9-13,19H,5-8H2,1-2H3,(H,23,26)/t12-,19-/m0/s1. The second kappa shape index (κ2) is 6.50. The average molecular weight is 359 g/mol. The van der Waals surface area contributed by atoms with E-state index in [4.69, 9.17) is 0 Å². The monoisotopic (exact) mass is 359 g/mol. The normalized spacial score (nSPS) is 27.5. The van der Waals surface area contributed by atoms with Gasteiger partial charge >= 0.3 is 0 Å². The maximum absolute atomic E-state index is 13.5. The quantitative estimate of drug-likeness (QED) is 0.914. The molecule has 4 heterocycles. The number of benzene rings is 1. The second-order valence-corrected chi connectivity index (χ2v) is 7.43. The van der Waals surface area contributed by atoms with Crippen LogP contribution in [0.3, 0.4) is 0 Å². The van der Waals surface area contributed by atoms with Crippen molar-refractivity contribution in [2.75, 3.05) is 13.1 Å². The second-order valence-electron chi connectivity index (χ2n) is 7.43. The number of hydrogen-bond donors (Lipinski definition) is 1. The van der Waals surface area contributed by atoms with Gasteiger partial charge in [-0.25, -0.2) is 8.78 Å². The molecule has 1 amide bonds. The van der Waals surface area contributed by atoms with Gasteiger partial charge in [-0.1, -0.05) is 0 Å². The van der Waals surface area contributed by atoms with Crippen molar-refractivity contribution in [1.29, 1.82) is 0 Å². The molecular weight excluding hydrogens is 336 g/mol. The van der Waals surface area contributed by atoms with Crippen molar-refractivity contribution in [2.24, 2.45) is 13.0 Å². The lowest BCUT2D eigenvalue weighted by atomic mass is 9.79. The van der Waals surface area contributed by atoms with Gasteiger partial charge in [-0.3, -0.25) is 9.69 Å². The third-order valence-corrected chi connectivity index (χ3v) is 5.99. The fourth-order valence-corrected chi connectivity index (χ4v) is 4.50. The van der Waals surface area contributed by atoms with Crippen LogP contribution in [0.4, 0.5) is 8.78 Å². The highest BCUT2D eigenvalue weighted by atomic mass is 19.1. The fourth-order valence-electron chi connectivity index (χ4n) is 4.50. The molecule has 138 valence electrons. The van der Waals surface area contributed by atoms with Crippen LogP contribution in [0.25, 0.3) is 11.3 Å². The molecular formula is C20H23F2N3O. The van der Waals surface area contributed by atoms with Crippen molar-refractivity contribution in [3.05, 3.63) is 47.7 Å². The zero-order chi connectivity index (χ0) is 18.4. The lowest BCUT2D eigenvalue weighted by Crippen LogP contribution is -2.62. The molecule has 0 unspecified atom stereocenters. The van der Waals surface area contributed by atoms with Crippen LogP contribution >= 0.6 is 0 Å². The van der Waals surface area contributed by atoms with Crippen molar-refractivity contribution in [2.45, 2.75) is 31.8 Å². The topological polar surface area (TPSA) is 37.3 Å². The SMILES string of the molecule is C[C@H]1[C@H](NC(=O)c2ccc(-c3cc(F)cc(F)c3)n2C)C2CCN1CC2. The van der Waals surface area contributed by atoms with Crippen LogP contribution in [0.15, 0.2) is 30.3 Å². The molecule has 3 aliphatic heterocycles. The van der Waals surface area contributed by atoms with Gasteiger partial charge in [0.1, 0.15) is 17.3 Å². The molecule has 6 heteroatoms. The summed E-state index contributed by atoms with van der Waals surface area (Å²) < 4.78 is 28.7. The number of rotatable bonds is 3. The molecule has 3 aliphatic rings. The third kappa shape index (κ3) is 2.92. The van der Waals surface area contributed by atoms with E-state index in [1.807, 2.05) is 0 Å². The molecule has 1 N–H and O–H groups in total. The first-order valence-electron chi connectivity index (χ1n) is 9.11. The molecule has 3 saturated heterocycles. The van der Waals surface area contributed by atoms with Crippen LogP contribution in [-0.2, 0) is 7.05 Å². The zero-order valence-electron chi connectivity index (χ0n) is 15.0. The van der Waals surface area contributed by atoms with E-state index in [2.05, 4.69) is 17.1 Å². The van der Waals surface area contributed by atoms with Gasteiger partial charge in [-0.2, -0.15) is 0 Å². The molecule has 2 bridgehead atoms.